The van der Waals surface area contributed by atoms with E-state index in [-0.39, 0.29) is 16.5 Å². The van der Waals surface area contributed by atoms with Crippen molar-refractivity contribution in [2.45, 2.75) is 18.0 Å². The number of fused-ring (bicyclic) bond motifs is 1. The maximum atomic E-state index is 12.7. The molecule has 0 aliphatic carbocycles. The largest absolute Gasteiger partial charge is 0.333 e. The average molecular weight is 323 g/mol. The fraction of sp³-hybridized carbons (Fsp3) is 0.231. The van der Waals surface area contributed by atoms with Crippen LogP contribution >= 0.6 is 11.6 Å². The number of sulfonamides is 1. The molecule has 0 atom stereocenters. The van der Waals surface area contributed by atoms with Gasteiger partial charge in [0.2, 0.25) is 10.0 Å². The lowest BCUT2D eigenvalue weighted by atomic mass is 10.2. The fourth-order valence-electron chi connectivity index (χ4n) is 2.28. The molecule has 2 aromatic rings. The molecule has 0 amide bonds. The van der Waals surface area contributed by atoms with Gasteiger partial charge in [0.05, 0.1) is 23.2 Å². The van der Waals surface area contributed by atoms with Crippen molar-refractivity contribution in [2.75, 3.05) is 6.54 Å². The van der Waals surface area contributed by atoms with Crippen molar-refractivity contribution in [3.8, 4) is 6.07 Å². The third kappa shape index (κ3) is 2.42. The summed E-state index contributed by atoms with van der Waals surface area (Å²) < 4.78 is 28.6. The lowest BCUT2D eigenvalue weighted by Gasteiger charge is -2.27. The second-order valence-corrected chi connectivity index (χ2v) is 6.95. The van der Waals surface area contributed by atoms with Crippen LogP contribution in [0.2, 0.25) is 5.02 Å². The van der Waals surface area contributed by atoms with Crippen molar-refractivity contribution in [3.63, 3.8) is 0 Å². The van der Waals surface area contributed by atoms with E-state index in [0.29, 0.717) is 24.5 Å². The number of halogens is 1. The van der Waals surface area contributed by atoms with Crippen molar-refractivity contribution >= 4 is 21.6 Å². The molecule has 0 radical (unpaired) electrons. The number of rotatable bonds is 2. The minimum Gasteiger partial charge on any atom is -0.333 e. The van der Waals surface area contributed by atoms with Crippen molar-refractivity contribution < 1.29 is 8.42 Å². The van der Waals surface area contributed by atoms with E-state index >= 15 is 0 Å². The molecule has 1 aliphatic rings. The van der Waals surface area contributed by atoms with Gasteiger partial charge in [-0.1, -0.05) is 11.6 Å². The molecule has 0 fully saturated rings. The fourth-order valence-corrected chi connectivity index (χ4v) is 4.18. The summed E-state index contributed by atoms with van der Waals surface area (Å²) in [6, 6.07) is 6.11. The van der Waals surface area contributed by atoms with Crippen LogP contribution in [0, 0.1) is 11.3 Å². The molecule has 21 heavy (non-hydrogen) atoms. The Labute approximate surface area is 127 Å². The predicted octanol–water partition coefficient (Wildman–Crippen LogP) is 1.61. The van der Waals surface area contributed by atoms with Crippen LogP contribution in [0.1, 0.15) is 11.4 Å². The van der Waals surface area contributed by atoms with Crippen LogP contribution in [0.15, 0.2) is 35.5 Å². The first-order chi connectivity index (χ1) is 10.0. The van der Waals surface area contributed by atoms with Crippen LogP contribution in [0.4, 0.5) is 0 Å². The molecule has 108 valence electrons. The van der Waals surface area contributed by atoms with Crippen LogP contribution in [-0.2, 0) is 23.1 Å². The first kappa shape index (κ1) is 14.1. The van der Waals surface area contributed by atoms with Gasteiger partial charge in [0.15, 0.2) is 0 Å². The van der Waals surface area contributed by atoms with E-state index in [9.17, 15) is 8.42 Å². The molecule has 3 rings (SSSR count). The molecule has 0 N–H and O–H groups in total. The quantitative estimate of drug-likeness (QED) is 0.841. The van der Waals surface area contributed by atoms with Gasteiger partial charge in [-0.05, 0) is 18.2 Å². The summed E-state index contributed by atoms with van der Waals surface area (Å²) in [6.07, 6.45) is 3.48. The smallest absolute Gasteiger partial charge is 0.245 e. The first-order valence-corrected chi connectivity index (χ1v) is 8.04. The van der Waals surface area contributed by atoms with Gasteiger partial charge in [0.25, 0.3) is 0 Å². The second-order valence-electron chi connectivity index (χ2n) is 4.63. The zero-order chi connectivity index (χ0) is 15.0. The van der Waals surface area contributed by atoms with Gasteiger partial charge < -0.3 is 4.57 Å². The van der Waals surface area contributed by atoms with Gasteiger partial charge in [0.1, 0.15) is 10.7 Å². The van der Waals surface area contributed by atoms with Gasteiger partial charge in [-0.15, -0.1) is 0 Å². The van der Waals surface area contributed by atoms with E-state index in [1.165, 1.54) is 22.5 Å². The van der Waals surface area contributed by atoms with Crippen LogP contribution in [0.5, 0.6) is 0 Å². The highest BCUT2D eigenvalue weighted by Crippen LogP contribution is 2.27. The van der Waals surface area contributed by atoms with E-state index in [2.05, 4.69) is 4.98 Å². The normalized spacial score (nSPS) is 15.4. The van der Waals surface area contributed by atoms with Crippen molar-refractivity contribution in [1.82, 2.24) is 13.9 Å². The van der Waals surface area contributed by atoms with Crippen LogP contribution in [-0.4, -0.2) is 28.8 Å². The molecule has 1 aromatic heterocycles. The Kier molecular flexibility index (Phi) is 3.45. The Morgan fingerprint density at radius 2 is 2.14 bits per heavy atom. The molecule has 0 unspecified atom stereocenters. The van der Waals surface area contributed by atoms with Gasteiger partial charge >= 0.3 is 0 Å². The number of nitrogens with zero attached hydrogens (tertiary/aromatic N) is 4. The van der Waals surface area contributed by atoms with E-state index in [1.54, 1.807) is 6.20 Å². The third-order valence-electron chi connectivity index (χ3n) is 3.39. The van der Waals surface area contributed by atoms with Gasteiger partial charge in [0, 0.05) is 25.5 Å². The van der Waals surface area contributed by atoms with E-state index in [4.69, 9.17) is 16.9 Å². The number of hydrogen-bond acceptors (Lipinski definition) is 4. The number of nitriles is 1. The Bertz CT molecular complexity index is 838. The van der Waals surface area contributed by atoms with Gasteiger partial charge in [-0.25, -0.2) is 13.4 Å². The highest BCUT2D eigenvalue weighted by molar-refractivity contribution is 7.89. The highest BCUT2D eigenvalue weighted by atomic mass is 35.5. The Morgan fingerprint density at radius 3 is 2.86 bits per heavy atom. The maximum absolute atomic E-state index is 12.7. The molecule has 0 spiro atoms. The number of benzene rings is 1. The van der Waals surface area contributed by atoms with Crippen molar-refractivity contribution in [2.24, 2.45) is 0 Å². The number of aromatic nitrogens is 2. The van der Waals surface area contributed by atoms with Crippen LogP contribution in [0.25, 0.3) is 0 Å². The van der Waals surface area contributed by atoms with Crippen molar-refractivity contribution in [3.05, 3.63) is 47.0 Å². The molecule has 1 aromatic carbocycles. The molecule has 6 nitrogen and oxygen atoms in total. The topological polar surface area (TPSA) is 79.0 Å². The zero-order valence-corrected chi connectivity index (χ0v) is 12.5. The first-order valence-electron chi connectivity index (χ1n) is 6.22. The summed E-state index contributed by atoms with van der Waals surface area (Å²) in [6.45, 7) is 1.14. The SMILES string of the molecule is N#Cc1ccc(S(=O)(=O)N2CCn3ccnc3C2)c(Cl)c1. The Hall–Kier alpha value is -1.88. The minimum atomic E-state index is -3.70. The molecule has 0 saturated heterocycles. The van der Waals surface area contributed by atoms with E-state index < -0.39 is 10.0 Å². The molecule has 1 aliphatic heterocycles. The summed E-state index contributed by atoms with van der Waals surface area (Å²) in [4.78, 5) is 4.16. The number of hydrogen-bond donors (Lipinski definition) is 0. The number of imidazole rings is 1. The summed E-state index contributed by atoms with van der Waals surface area (Å²) in [5, 5.41) is 8.87. The lowest BCUT2D eigenvalue weighted by molar-refractivity contribution is 0.335. The van der Waals surface area contributed by atoms with E-state index in [0.717, 1.165) is 0 Å². The van der Waals surface area contributed by atoms with Gasteiger partial charge in [-0.2, -0.15) is 9.57 Å². The summed E-state index contributed by atoms with van der Waals surface area (Å²) in [5.41, 5.74) is 0.327. The molecular formula is C13H11ClN4O2S. The minimum absolute atomic E-state index is 0.0168. The molecule has 0 saturated carbocycles. The van der Waals surface area contributed by atoms with E-state index in [1.807, 2.05) is 16.8 Å². The monoisotopic (exact) mass is 322 g/mol. The van der Waals surface area contributed by atoms with Crippen LogP contribution in [0.3, 0.4) is 0 Å². The average Bonchev–Trinajstić information content (AvgIpc) is 2.94. The maximum Gasteiger partial charge on any atom is 0.245 e. The molecule has 2 heterocycles. The Morgan fingerprint density at radius 1 is 1.33 bits per heavy atom. The summed E-state index contributed by atoms with van der Waals surface area (Å²) in [7, 11) is -3.70. The highest BCUT2D eigenvalue weighted by Gasteiger charge is 2.30. The predicted molar refractivity (Wildman–Crippen MR) is 76.0 cm³/mol. The van der Waals surface area contributed by atoms with Gasteiger partial charge in [-0.3, -0.25) is 0 Å². The zero-order valence-electron chi connectivity index (χ0n) is 10.9. The summed E-state index contributed by atoms with van der Waals surface area (Å²) in [5.74, 6) is 0.703. The lowest BCUT2D eigenvalue weighted by Crippen LogP contribution is -2.38. The standard InChI is InChI=1S/C13H11ClN4O2S/c14-11-7-10(8-15)1-2-12(11)21(19,20)18-6-5-17-4-3-16-13(17)9-18/h1-4,7H,5-6,9H2. The molecule has 8 heteroatoms. The summed E-state index contributed by atoms with van der Waals surface area (Å²) >= 11 is 6.01. The van der Waals surface area contributed by atoms with Crippen molar-refractivity contribution in [1.29, 1.82) is 5.26 Å². The molecule has 0 bridgehead atoms. The Balaban J connectivity index is 1.97. The van der Waals surface area contributed by atoms with Crippen LogP contribution < -0.4 is 0 Å². The third-order valence-corrected chi connectivity index (χ3v) is 5.72. The molecular weight excluding hydrogens is 312 g/mol. The second kappa shape index (κ2) is 5.15.